The van der Waals surface area contributed by atoms with E-state index in [1.165, 1.54) is 0 Å². The first kappa shape index (κ1) is 16.0. The molecular formula is C16H20BrNO3. The predicted octanol–water partition coefficient (Wildman–Crippen LogP) is 3.33. The van der Waals surface area contributed by atoms with E-state index in [1.54, 1.807) is 11.0 Å². The molecule has 1 heterocycles. The zero-order valence-electron chi connectivity index (χ0n) is 12.5. The van der Waals surface area contributed by atoms with E-state index in [2.05, 4.69) is 15.9 Å². The highest BCUT2D eigenvalue weighted by Gasteiger charge is 2.48. The van der Waals surface area contributed by atoms with Gasteiger partial charge in [-0.15, -0.1) is 0 Å². The Bertz CT molecular complexity index is 565. The van der Waals surface area contributed by atoms with Gasteiger partial charge in [-0.05, 0) is 43.0 Å². The van der Waals surface area contributed by atoms with Gasteiger partial charge in [-0.2, -0.15) is 0 Å². The number of carboxylic acid groups (broad SMARTS) is 1. The minimum Gasteiger partial charge on any atom is -0.481 e. The first-order valence-corrected chi connectivity index (χ1v) is 7.85. The van der Waals surface area contributed by atoms with Crippen molar-refractivity contribution >= 4 is 27.8 Å². The van der Waals surface area contributed by atoms with Gasteiger partial charge in [-0.3, -0.25) is 9.59 Å². The van der Waals surface area contributed by atoms with Crippen LogP contribution in [0.25, 0.3) is 0 Å². The lowest BCUT2D eigenvalue weighted by Gasteiger charge is -2.28. The van der Waals surface area contributed by atoms with Crippen molar-refractivity contribution in [1.29, 1.82) is 0 Å². The number of nitrogens with zero attached hydrogens (tertiary/aromatic N) is 1. The number of benzene rings is 1. The van der Waals surface area contributed by atoms with Crippen LogP contribution < -0.4 is 0 Å². The monoisotopic (exact) mass is 353 g/mol. The van der Waals surface area contributed by atoms with E-state index in [0.717, 1.165) is 10.0 Å². The number of halogens is 1. The van der Waals surface area contributed by atoms with Gasteiger partial charge in [0.05, 0.1) is 5.41 Å². The minimum absolute atomic E-state index is 0.00274. The van der Waals surface area contributed by atoms with Crippen molar-refractivity contribution in [1.82, 2.24) is 4.90 Å². The summed E-state index contributed by atoms with van der Waals surface area (Å²) in [6, 6.07) is 5.56. The fourth-order valence-electron chi connectivity index (χ4n) is 2.94. The average Bonchev–Trinajstić information content (AvgIpc) is 2.83. The van der Waals surface area contributed by atoms with Crippen LogP contribution in [0, 0.1) is 18.3 Å². The predicted molar refractivity (Wildman–Crippen MR) is 84.3 cm³/mol. The number of aliphatic carboxylic acids is 1. The smallest absolute Gasteiger partial charge is 0.311 e. The van der Waals surface area contributed by atoms with E-state index in [1.807, 2.05) is 32.9 Å². The van der Waals surface area contributed by atoms with Crippen molar-refractivity contribution in [2.75, 3.05) is 13.1 Å². The van der Waals surface area contributed by atoms with Gasteiger partial charge < -0.3 is 10.0 Å². The number of rotatable bonds is 3. The third-order valence-corrected chi connectivity index (χ3v) is 4.87. The van der Waals surface area contributed by atoms with Gasteiger partial charge in [-0.25, -0.2) is 0 Å². The van der Waals surface area contributed by atoms with Gasteiger partial charge in [-0.1, -0.05) is 29.8 Å². The molecule has 1 atom stereocenters. The number of carbonyl (C=O) groups excluding carboxylic acids is 1. The highest BCUT2D eigenvalue weighted by molar-refractivity contribution is 9.10. The summed E-state index contributed by atoms with van der Waals surface area (Å²) in [7, 11) is 0. The molecule has 0 aliphatic carbocycles. The standard InChI is InChI=1S/C16H20BrNO3/c1-10(2)16(15(20)21)4-5-18(9-16)14(19)12-6-11(3)7-13(17)8-12/h6-8,10H,4-5,9H2,1-3H3,(H,20,21). The van der Waals surface area contributed by atoms with Crippen LogP contribution >= 0.6 is 15.9 Å². The molecule has 1 aromatic rings. The molecule has 1 saturated heterocycles. The Morgan fingerprint density at radius 1 is 1.33 bits per heavy atom. The van der Waals surface area contributed by atoms with Crippen molar-refractivity contribution in [3.63, 3.8) is 0 Å². The minimum atomic E-state index is -0.823. The van der Waals surface area contributed by atoms with Crippen LogP contribution in [0.5, 0.6) is 0 Å². The maximum Gasteiger partial charge on any atom is 0.311 e. The Morgan fingerprint density at radius 3 is 2.48 bits per heavy atom. The quantitative estimate of drug-likeness (QED) is 0.906. The van der Waals surface area contributed by atoms with E-state index in [9.17, 15) is 14.7 Å². The van der Waals surface area contributed by atoms with Crippen LogP contribution in [-0.2, 0) is 4.79 Å². The van der Waals surface area contributed by atoms with Gasteiger partial charge in [0.25, 0.3) is 5.91 Å². The fraction of sp³-hybridized carbons (Fsp3) is 0.500. The molecule has 2 rings (SSSR count). The highest BCUT2D eigenvalue weighted by atomic mass is 79.9. The van der Waals surface area contributed by atoms with E-state index < -0.39 is 11.4 Å². The molecule has 0 aromatic heterocycles. The number of hydrogen-bond acceptors (Lipinski definition) is 2. The van der Waals surface area contributed by atoms with Gasteiger partial charge in [0.2, 0.25) is 0 Å². The highest BCUT2D eigenvalue weighted by Crippen LogP contribution is 2.38. The van der Waals surface area contributed by atoms with Gasteiger partial charge in [0, 0.05) is 23.1 Å². The average molecular weight is 354 g/mol. The maximum atomic E-state index is 12.6. The summed E-state index contributed by atoms with van der Waals surface area (Å²) >= 11 is 3.39. The molecule has 1 unspecified atom stereocenters. The third-order valence-electron chi connectivity index (χ3n) is 4.41. The van der Waals surface area contributed by atoms with Crippen LogP contribution in [0.2, 0.25) is 0 Å². The first-order valence-electron chi connectivity index (χ1n) is 7.06. The van der Waals surface area contributed by atoms with Crippen molar-refractivity contribution in [2.24, 2.45) is 11.3 Å². The lowest BCUT2D eigenvalue weighted by atomic mass is 9.76. The van der Waals surface area contributed by atoms with Gasteiger partial charge in [0.1, 0.15) is 0 Å². The molecule has 1 fully saturated rings. The van der Waals surface area contributed by atoms with Gasteiger partial charge >= 0.3 is 5.97 Å². The second kappa shape index (κ2) is 5.79. The normalized spacial score (nSPS) is 21.9. The van der Waals surface area contributed by atoms with E-state index >= 15 is 0 Å². The molecule has 114 valence electrons. The maximum absolute atomic E-state index is 12.6. The Balaban J connectivity index is 2.24. The summed E-state index contributed by atoms with van der Waals surface area (Å²) in [5, 5.41) is 9.55. The summed E-state index contributed by atoms with van der Waals surface area (Å²) in [5.74, 6) is -0.904. The van der Waals surface area contributed by atoms with E-state index in [-0.39, 0.29) is 18.4 Å². The second-order valence-electron chi connectivity index (χ2n) is 6.11. The molecule has 21 heavy (non-hydrogen) atoms. The first-order chi connectivity index (χ1) is 9.76. The topological polar surface area (TPSA) is 57.6 Å². The molecule has 0 spiro atoms. The summed E-state index contributed by atoms with van der Waals surface area (Å²) in [6.07, 6.45) is 0.513. The van der Waals surface area contributed by atoms with Crippen LogP contribution in [0.3, 0.4) is 0 Å². The van der Waals surface area contributed by atoms with Crippen LogP contribution in [0.15, 0.2) is 22.7 Å². The molecule has 0 saturated carbocycles. The summed E-state index contributed by atoms with van der Waals surface area (Å²) in [4.78, 5) is 25.9. The Labute approximate surface area is 133 Å². The van der Waals surface area contributed by atoms with Crippen LogP contribution in [0.1, 0.15) is 36.2 Å². The number of likely N-dealkylation sites (tertiary alicyclic amines) is 1. The van der Waals surface area contributed by atoms with Crippen molar-refractivity contribution < 1.29 is 14.7 Å². The molecule has 1 aromatic carbocycles. The molecule has 1 aliphatic heterocycles. The molecule has 0 bridgehead atoms. The number of amides is 1. The summed E-state index contributed by atoms with van der Waals surface area (Å²) in [6.45, 7) is 6.52. The molecule has 1 N–H and O–H groups in total. The Kier molecular flexibility index (Phi) is 4.42. The molecule has 1 aliphatic rings. The van der Waals surface area contributed by atoms with Crippen LogP contribution in [-0.4, -0.2) is 35.0 Å². The van der Waals surface area contributed by atoms with E-state index in [4.69, 9.17) is 0 Å². The number of carboxylic acids is 1. The lowest BCUT2D eigenvalue weighted by molar-refractivity contribution is -0.150. The summed E-state index contributed by atoms with van der Waals surface area (Å²) in [5.41, 5.74) is 0.781. The number of hydrogen-bond donors (Lipinski definition) is 1. The lowest BCUT2D eigenvalue weighted by Crippen LogP contribution is -2.40. The summed E-state index contributed by atoms with van der Waals surface area (Å²) < 4.78 is 0.860. The zero-order valence-corrected chi connectivity index (χ0v) is 14.1. The van der Waals surface area contributed by atoms with Gasteiger partial charge in [0.15, 0.2) is 0 Å². The SMILES string of the molecule is Cc1cc(Br)cc(C(=O)N2CCC(C(=O)O)(C(C)C)C2)c1. The Hall–Kier alpha value is -1.36. The molecule has 4 nitrogen and oxygen atoms in total. The van der Waals surface area contributed by atoms with Crippen LogP contribution in [0.4, 0.5) is 0 Å². The largest absolute Gasteiger partial charge is 0.481 e. The van der Waals surface area contributed by atoms with Crippen molar-refractivity contribution in [2.45, 2.75) is 27.2 Å². The fourth-order valence-corrected chi connectivity index (χ4v) is 3.55. The van der Waals surface area contributed by atoms with Crippen molar-refractivity contribution in [3.05, 3.63) is 33.8 Å². The van der Waals surface area contributed by atoms with Crippen molar-refractivity contribution in [3.8, 4) is 0 Å². The van der Waals surface area contributed by atoms with E-state index in [0.29, 0.717) is 18.5 Å². The third kappa shape index (κ3) is 2.98. The molecule has 1 amide bonds. The molecular weight excluding hydrogens is 334 g/mol. The zero-order chi connectivity index (χ0) is 15.8. The molecule has 0 radical (unpaired) electrons. The Morgan fingerprint density at radius 2 is 2.00 bits per heavy atom. The number of carbonyl (C=O) groups is 2. The number of aryl methyl sites for hydroxylation is 1. The second-order valence-corrected chi connectivity index (χ2v) is 7.03. The molecule has 5 heteroatoms.